The minimum absolute atomic E-state index is 0.251. The highest BCUT2D eigenvalue weighted by Crippen LogP contribution is 2.42. The number of nitrogens with one attached hydrogen (secondary N) is 1. The lowest BCUT2D eigenvalue weighted by atomic mass is 10.1. The fourth-order valence-electron chi connectivity index (χ4n) is 2.86. The Morgan fingerprint density at radius 3 is 2.67 bits per heavy atom. The molecule has 3 nitrogen and oxygen atoms in total. The van der Waals surface area contributed by atoms with E-state index in [2.05, 4.69) is 36.5 Å². The summed E-state index contributed by atoms with van der Waals surface area (Å²) in [7, 11) is 0. The van der Waals surface area contributed by atoms with Gasteiger partial charge >= 0.3 is 5.97 Å². The topological polar surface area (TPSA) is 49.3 Å². The maximum absolute atomic E-state index is 10.5. The quantitative estimate of drug-likeness (QED) is 0.674. The first-order valence-corrected chi connectivity index (χ1v) is 8.23. The van der Waals surface area contributed by atoms with Gasteiger partial charge in [-0.3, -0.25) is 4.79 Å². The summed E-state index contributed by atoms with van der Waals surface area (Å²) in [6, 6.07) is 8.43. The van der Waals surface area contributed by atoms with Gasteiger partial charge in [0.15, 0.2) is 0 Å². The van der Waals surface area contributed by atoms with Crippen LogP contribution in [0.15, 0.2) is 24.3 Å². The van der Waals surface area contributed by atoms with E-state index in [9.17, 15) is 4.79 Å². The van der Waals surface area contributed by atoms with E-state index < -0.39 is 5.97 Å². The largest absolute Gasteiger partial charge is 0.481 e. The van der Waals surface area contributed by atoms with E-state index in [-0.39, 0.29) is 6.42 Å². The molecule has 2 N–H and O–H groups in total. The number of hydrogen-bond acceptors (Lipinski definition) is 2. The number of carboxylic acid groups (broad SMARTS) is 1. The lowest BCUT2D eigenvalue weighted by Gasteiger charge is -2.07. The SMILES string of the molecule is CCCCC1CC1CNc1ccc(CCCC(=O)O)cc1. The third-order valence-electron chi connectivity index (χ3n) is 4.38. The van der Waals surface area contributed by atoms with E-state index in [1.165, 1.54) is 36.9 Å². The summed E-state index contributed by atoms with van der Waals surface area (Å²) in [6.07, 6.45) is 7.26. The van der Waals surface area contributed by atoms with Crippen molar-refractivity contribution in [1.82, 2.24) is 0 Å². The Morgan fingerprint density at radius 2 is 2.00 bits per heavy atom. The van der Waals surface area contributed by atoms with Crippen LogP contribution < -0.4 is 5.32 Å². The summed E-state index contributed by atoms with van der Waals surface area (Å²) < 4.78 is 0. The molecule has 1 aromatic carbocycles. The molecule has 1 aliphatic carbocycles. The van der Waals surface area contributed by atoms with Crippen LogP contribution >= 0.6 is 0 Å². The van der Waals surface area contributed by atoms with Gasteiger partial charge < -0.3 is 10.4 Å². The molecule has 0 spiro atoms. The molecule has 0 heterocycles. The molecule has 1 fully saturated rings. The summed E-state index contributed by atoms with van der Waals surface area (Å²) in [5, 5.41) is 12.1. The molecule has 1 aromatic rings. The molecule has 0 bridgehead atoms. The standard InChI is InChI=1S/C18H27NO2/c1-2-3-6-15-12-16(15)13-19-17-10-8-14(9-11-17)5-4-7-18(20)21/h8-11,15-16,19H,2-7,12-13H2,1H3,(H,20,21). The highest BCUT2D eigenvalue weighted by molar-refractivity contribution is 5.66. The zero-order valence-electron chi connectivity index (χ0n) is 13.0. The third kappa shape index (κ3) is 5.78. The van der Waals surface area contributed by atoms with Crippen LogP contribution in [-0.4, -0.2) is 17.6 Å². The zero-order chi connectivity index (χ0) is 15.1. The molecule has 0 saturated heterocycles. The van der Waals surface area contributed by atoms with E-state index in [1.807, 2.05) is 0 Å². The maximum Gasteiger partial charge on any atom is 0.303 e. The molecule has 0 aliphatic heterocycles. The van der Waals surface area contributed by atoms with Crippen molar-refractivity contribution in [3.63, 3.8) is 0 Å². The van der Waals surface area contributed by atoms with Crippen molar-refractivity contribution in [3.05, 3.63) is 29.8 Å². The molecule has 0 amide bonds. The number of rotatable bonds is 10. The van der Waals surface area contributed by atoms with Crippen molar-refractivity contribution >= 4 is 11.7 Å². The molecule has 0 radical (unpaired) electrons. The second-order valence-corrected chi connectivity index (χ2v) is 6.22. The predicted octanol–water partition coefficient (Wildman–Crippen LogP) is 4.33. The van der Waals surface area contributed by atoms with Gasteiger partial charge in [0.05, 0.1) is 0 Å². The fraction of sp³-hybridized carbons (Fsp3) is 0.611. The molecule has 1 saturated carbocycles. The average molecular weight is 289 g/mol. The monoisotopic (exact) mass is 289 g/mol. The van der Waals surface area contributed by atoms with Crippen LogP contribution in [0.25, 0.3) is 0 Å². The van der Waals surface area contributed by atoms with Crippen LogP contribution in [0.5, 0.6) is 0 Å². The van der Waals surface area contributed by atoms with Gasteiger partial charge in [-0.15, -0.1) is 0 Å². The van der Waals surface area contributed by atoms with Crippen LogP contribution in [-0.2, 0) is 11.2 Å². The summed E-state index contributed by atoms with van der Waals surface area (Å²) in [5.74, 6) is 1.11. The number of hydrogen-bond donors (Lipinski definition) is 2. The number of carbonyl (C=O) groups is 1. The minimum Gasteiger partial charge on any atom is -0.481 e. The second-order valence-electron chi connectivity index (χ2n) is 6.22. The highest BCUT2D eigenvalue weighted by Gasteiger charge is 2.35. The molecular formula is C18H27NO2. The van der Waals surface area contributed by atoms with Crippen molar-refractivity contribution in [2.24, 2.45) is 11.8 Å². The smallest absolute Gasteiger partial charge is 0.303 e. The molecule has 2 unspecified atom stereocenters. The van der Waals surface area contributed by atoms with E-state index in [4.69, 9.17) is 5.11 Å². The summed E-state index contributed by atoms with van der Waals surface area (Å²) in [5.41, 5.74) is 2.40. The predicted molar refractivity (Wildman–Crippen MR) is 86.6 cm³/mol. The Hall–Kier alpha value is -1.51. The highest BCUT2D eigenvalue weighted by atomic mass is 16.4. The Bertz CT molecular complexity index is 441. The van der Waals surface area contributed by atoms with Crippen molar-refractivity contribution in [2.45, 2.75) is 51.9 Å². The molecule has 3 heteroatoms. The van der Waals surface area contributed by atoms with Gasteiger partial charge in [0, 0.05) is 18.7 Å². The first kappa shape index (κ1) is 15.9. The molecule has 2 atom stereocenters. The van der Waals surface area contributed by atoms with E-state index in [0.717, 1.165) is 24.8 Å². The van der Waals surface area contributed by atoms with Gasteiger partial charge in [-0.2, -0.15) is 0 Å². The molecule has 21 heavy (non-hydrogen) atoms. The number of aryl methyl sites for hydroxylation is 1. The Kier molecular flexibility index (Phi) is 6.09. The minimum atomic E-state index is -0.713. The van der Waals surface area contributed by atoms with Gasteiger partial charge in [0.25, 0.3) is 0 Å². The Balaban J connectivity index is 1.65. The van der Waals surface area contributed by atoms with Crippen LogP contribution in [0.2, 0.25) is 0 Å². The lowest BCUT2D eigenvalue weighted by molar-refractivity contribution is -0.137. The number of aliphatic carboxylic acids is 1. The van der Waals surface area contributed by atoms with Gasteiger partial charge in [-0.1, -0.05) is 38.3 Å². The maximum atomic E-state index is 10.5. The van der Waals surface area contributed by atoms with Crippen LogP contribution in [0.3, 0.4) is 0 Å². The van der Waals surface area contributed by atoms with Crippen molar-refractivity contribution < 1.29 is 9.90 Å². The van der Waals surface area contributed by atoms with Crippen LogP contribution in [0.1, 0.15) is 51.0 Å². The summed E-state index contributed by atoms with van der Waals surface area (Å²) in [4.78, 5) is 10.5. The average Bonchev–Trinajstić information content (AvgIpc) is 3.22. The van der Waals surface area contributed by atoms with E-state index in [1.54, 1.807) is 0 Å². The first-order chi connectivity index (χ1) is 10.2. The summed E-state index contributed by atoms with van der Waals surface area (Å²) in [6.45, 7) is 3.35. The molecule has 2 rings (SSSR count). The van der Waals surface area contributed by atoms with Crippen LogP contribution in [0.4, 0.5) is 5.69 Å². The van der Waals surface area contributed by atoms with E-state index >= 15 is 0 Å². The number of anilines is 1. The Labute approximate surface area is 127 Å². The van der Waals surface area contributed by atoms with Crippen molar-refractivity contribution in [3.8, 4) is 0 Å². The van der Waals surface area contributed by atoms with Crippen molar-refractivity contribution in [1.29, 1.82) is 0 Å². The van der Waals surface area contributed by atoms with Crippen molar-refractivity contribution in [2.75, 3.05) is 11.9 Å². The Morgan fingerprint density at radius 1 is 1.24 bits per heavy atom. The summed E-state index contributed by atoms with van der Waals surface area (Å²) >= 11 is 0. The van der Waals surface area contributed by atoms with Gasteiger partial charge in [0.2, 0.25) is 0 Å². The molecule has 116 valence electrons. The zero-order valence-corrected chi connectivity index (χ0v) is 13.0. The number of unbranched alkanes of at least 4 members (excludes halogenated alkanes) is 1. The number of benzene rings is 1. The molecular weight excluding hydrogens is 262 g/mol. The molecule has 1 aliphatic rings. The van der Waals surface area contributed by atoms with Crippen LogP contribution in [0, 0.1) is 11.8 Å². The second kappa shape index (κ2) is 8.06. The van der Waals surface area contributed by atoms with Gasteiger partial charge in [-0.05, 0) is 48.8 Å². The number of carboxylic acids is 1. The van der Waals surface area contributed by atoms with E-state index in [0.29, 0.717) is 6.42 Å². The normalized spacial score (nSPS) is 20.2. The fourth-order valence-corrected chi connectivity index (χ4v) is 2.86. The lowest BCUT2D eigenvalue weighted by Crippen LogP contribution is -2.05. The van der Waals surface area contributed by atoms with Gasteiger partial charge in [0.1, 0.15) is 0 Å². The third-order valence-corrected chi connectivity index (χ3v) is 4.38. The molecule has 0 aromatic heterocycles. The first-order valence-electron chi connectivity index (χ1n) is 8.23. The van der Waals surface area contributed by atoms with Gasteiger partial charge in [-0.25, -0.2) is 0 Å².